The molecule has 0 aromatic carbocycles. The summed E-state index contributed by atoms with van der Waals surface area (Å²) in [4.78, 5) is 15.4. The molecule has 1 aliphatic rings. The number of anilines is 1. The maximum atomic E-state index is 11.5. The zero-order chi connectivity index (χ0) is 14.1. The zero-order valence-corrected chi connectivity index (χ0v) is 11.8. The van der Waals surface area contributed by atoms with Gasteiger partial charge in [-0.2, -0.15) is 0 Å². The number of nitrogens with one attached hydrogen (secondary N) is 1. The Hall–Kier alpha value is -1.81. The average molecular weight is 281 g/mol. The molecule has 1 aliphatic carbocycles. The molecule has 0 fully saturated rings. The third kappa shape index (κ3) is 5.57. The molecule has 0 saturated heterocycles. The first-order chi connectivity index (χ1) is 9.24. The van der Waals surface area contributed by atoms with E-state index in [1.54, 1.807) is 18.2 Å². The molecule has 1 N–H and O–H groups in total. The zero-order valence-electron chi connectivity index (χ0n) is 11.0. The summed E-state index contributed by atoms with van der Waals surface area (Å²) in [5, 5.41) is 3.03. The molecule has 0 aliphatic heterocycles. The highest BCUT2D eigenvalue weighted by Gasteiger charge is 2.07. The van der Waals surface area contributed by atoms with Gasteiger partial charge in [0.2, 0.25) is 0 Å². The molecule has 102 valence electrons. The Morgan fingerprint density at radius 2 is 2.16 bits per heavy atom. The maximum Gasteiger partial charge on any atom is 0.418 e. The van der Waals surface area contributed by atoms with E-state index in [0.29, 0.717) is 16.6 Å². The SMILES string of the molecule is CC.O=C(Nc1ccc(Cl)cn1)OC1=CCCC=C1. The number of aromatic nitrogens is 1. The van der Waals surface area contributed by atoms with Crippen LogP contribution in [0.3, 0.4) is 0 Å². The molecule has 1 heterocycles. The van der Waals surface area contributed by atoms with Gasteiger partial charge in [-0.15, -0.1) is 0 Å². The minimum absolute atomic E-state index is 0.403. The average Bonchev–Trinajstić information content (AvgIpc) is 2.45. The molecule has 0 atom stereocenters. The number of hydrogen-bond acceptors (Lipinski definition) is 3. The molecule has 0 bridgehead atoms. The van der Waals surface area contributed by atoms with Crippen molar-refractivity contribution in [2.45, 2.75) is 26.7 Å². The van der Waals surface area contributed by atoms with Crippen LogP contribution < -0.4 is 5.32 Å². The number of allylic oxidation sites excluding steroid dienone is 3. The van der Waals surface area contributed by atoms with Crippen LogP contribution >= 0.6 is 11.6 Å². The second kappa shape index (κ2) is 8.32. The smallest absolute Gasteiger partial charge is 0.410 e. The molecule has 0 spiro atoms. The van der Waals surface area contributed by atoms with E-state index in [2.05, 4.69) is 10.3 Å². The lowest BCUT2D eigenvalue weighted by atomic mass is 10.2. The first kappa shape index (κ1) is 15.2. The van der Waals surface area contributed by atoms with E-state index >= 15 is 0 Å². The lowest BCUT2D eigenvalue weighted by Gasteiger charge is -2.08. The number of hydrogen-bond donors (Lipinski definition) is 1. The van der Waals surface area contributed by atoms with E-state index < -0.39 is 6.09 Å². The van der Waals surface area contributed by atoms with E-state index in [1.807, 2.05) is 26.0 Å². The second-order valence-corrected chi connectivity index (χ2v) is 3.90. The van der Waals surface area contributed by atoms with Crippen LogP contribution in [0.25, 0.3) is 0 Å². The lowest BCUT2D eigenvalue weighted by Crippen LogP contribution is -2.14. The van der Waals surface area contributed by atoms with Crippen molar-refractivity contribution in [3.05, 3.63) is 47.3 Å². The summed E-state index contributed by atoms with van der Waals surface area (Å²) in [7, 11) is 0. The third-order valence-corrected chi connectivity index (χ3v) is 2.35. The molecule has 1 amide bonds. The predicted octanol–water partition coefficient (Wildman–Crippen LogP) is 4.54. The van der Waals surface area contributed by atoms with Gasteiger partial charge in [0.15, 0.2) is 0 Å². The Labute approximate surface area is 118 Å². The summed E-state index contributed by atoms with van der Waals surface area (Å²) in [6, 6.07) is 3.25. The summed E-state index contributed by atoms with van der Waals surface area (Å²) in [5.74, 6) is 0.961. The van der Waals surface area contributed by atoms with Gasteiger partial charge in [0, 0.05) is 6.20 Å². The second-order valence-electron chi connectivity index (χ2n) is 3.46. The van der Waals surface area contributed by atoms with Gasteiger partial charge in [0.25, 0.3) is 0 Å². The van der Waals surface area contributed by atoms with Gasteiger partial charge < -0.3 is 4.74 Å². The molecular formula is C14H17ClN2O2. The van der Waals surface area contributed by atoms with Crippen LogP contribution in [0.5, 0.6) is 0 Å². The van der Waals surface area contributed by atoms with E-state index in [-0.39, 0.29) is 0 Å². The molecule has 1 aromatic heterocycles. The van der Waals surface area contributed by atoms with Crippen LogP contribution in [-0.4, -0.2) is 11.1 Å². The Bertz CT molecular complexity index is 467. The van der Waals surface area contributed by atoms with Crippen molar-refractivity contribution in [2.24, 2.45) is 0 Å². The molecule has 2 rings (SSSR count). The highest BCUT2D eigenvalue weighted by atomic mass is 35.5. The number of halogens is 1. The van der Waals surface area contributed by atoms with Gasteiger partial charge >= 0.3 is 6.09 Å². The van der Waals surface area contributed by atoms with Crippen LogP contribution in [0, 0.1) is 0 Å². The fourth-order valence-corrected chi connectivity index (χ4v) is 1.46. The largest absolute Gasteiger partial charge is 0.418 e. The van der Waals surface area contributed by atoms with Crippen LogP contribution in [0.1, 0.15) is 26.7 Å². The fourth-order valence-electron chi connectivity index (χ4n) is 1.35. The quantitative estimate of drug-likeness (QED) is 0.865. The van der Waals surface area contributed by atoms with Crippen molar-refractivity contribution in [3.8, 4) is 0 Å². The summed E-state index contributed by atoms with van der Waals surface area (Å²) in [6.45, 7) is 4.00. The fraction of sp³-hybridized carbons (Fsp3) is 0.286. The lowest BCUT2D eigenvalue weighted by molar-refractivity contribution is 0.194. The van der Waals surface area contributed by atoms with E-state index in [9.17, 15) is 4.79 Å². The molecule has 19 heavy (non-hydrogen) atoms. The first-order valence-electron chi connectivity index (χ1n) is 6.21. The van der Waals surface area contributed by atoms with Crippen molar-refractivity contribution >= 4 is 23.5 Å². The van der Waals surface area contributed by atoms with Crippen LogP contribution in [0.2, 0.25) is 5.02 Å². The van der Waals surface area contributed by atoms with Gasteiger partial charge in [-0.05, 0) is 37.1 Å². The summed E-state index contributed by atoms with van der Waals surface area (Å²) >= 11 is 5.68. The summed E-state index contributed by atoms with van der Waals surface area (Å²) < 4.78 is 5.08. The van der Waals surface area contributed by atoms with Crippen molar-refractivity contribution in [1.82, 2.24) is 4.98 Å². The standard InChI is InChI=1S/C12H11ClN2O2.C2H6/c13-9-6-7-11(14-8-9)15-12(16)17-10-4-2-1-3-5-10;1-2/h2,4-8H,1,3H2,(H,14,15,16);1-2H3. The molecular weight excluding hydrogens is 264 g/mol. The molecule has 0 radical (unpaired) electrons. The van der Waals surface area contributed by atoms with E-state index in [0.717, 1.165) is 12.8 Å². The Balaban J connectivity index is 0.000000861. The van der Waals surface area contributed by atoms with E-state index in [4.69, 9.17) is 16.3 Å². The molecule has 4 nitrogen and oxygen atoms in total. The van der Waals surface area contributed by atoms with Crippen molar-refractivity contribution < 1.29 is 9.53 Å². The highest BCUT2D eigenvalue weighted by Crippen LogP contribution is 2.13. The van der Waals surface area contributed by atoms with Gasteiger partial charge in [-0.25, -0.2) is 9.78 Å². The molecule has 5 heteroatoms. The number of amides is 1. The minimum atomic E-state index is -0.558. The Morgan fingerprint density at radius 1 is 1.37 bits per heavy atom. The normalized spacial score (nSPS) is 12.9. The Kier molecular flexibility index (Phi) is 6.68. The number of pyridine rings is 1. The number of carbonyl (C=O) groups is 1. The highest BCUT2D eigenvalue weighted by molar-refractivity contribution is 6.30. The first-order valence-corrected chi connectivity index (χ1v) is 6.59. The van der Waals surface area contributed by atoms with E-state index in [1.165, 1.54) is 6.20 Å². The molecule has 0 unspecified atom stereocenters. The van der Waals surface area contributed by atoms with Gasteiger partial charge in [-0.3, -0.25) is 5.32 Å². The predicted molar refractivity (Wildman–Crippen MR) is 77.2 cm³/mol. The van der Waals surface area contributed by atoms with Crippen LogP contribution in [0.15, 0.2) is 42.3 Å². The van der Waals surface area contributed by atoms with Crippen molar-refractivity contribution in [1.29, 1.82) is 0 Å². The minimum Gasteiger partial charge on any atom is -0.410 e. The van der Waals surface area contributed by atoms with Crippen molar-refractivity contribution in [3.63, 3.8) is 0 Å². The molecule has 0 saturated carbocycles. The number of nitrogens with zero attached hydrogens (tertiary/aromatic N) is 1. The van der Waals surface area contributed by atoms with Gasteiger partial charge in [0.05, 0.1) is 5.02 Å². The maximum absolute atomic E-state index is 11.5. The van der Waals surface area contributed by atoms with Crippen molar-refractivity contribution in [2.75, 3.05) is 5.32 Å². The third-order valence-electron chi connectivity index (χ3n) is 2.13. The summed E-state index contributed by atoms with van der Waals surface area (Å²) in [5.41, 5.74) is 0. The van der Waals surface area contributed by atoms with Gasteiger partial charge in [-0.1, -0.05) is 31.5 Å². The number of carbonyl (C=O) groups excluding carboxylic acids is 1. The topological polar surface area (TPSA) is 51.2 Å². The van der Waals surface area contributed by atoms with Crippen LogP contribution in [-0.2, 0) is 4.74 Å². The summed E-state index contributed by atoms with van der Waals surface area (Å²) in [6.07, 6.45) is 8.37. The number of rotatable bonds is 2. The molecule has 1 aromatic rings. The van der Waals surface area contributed by atoms with Gasteiger partial charge in [0.1, 0.15) is 11.6 Å². The van der Waals surface area contributed by atoms with Crippen LogP contribution in [0.4, 0.5) is 10.6 Å². The Morgan fingerprint density at radius 3 is 2.74 bits per heavy atom. The number of ether oxygens (including phenoxy) is 1. The monoisotopic (exact) mass is 280 g/mol.